The molecule has 1 atom stereocenters. The largest absolute Gasteiger partial charge is 0.322 e. The molecule has 3 aromatic rings. The van der Waals surface area contributed by atoms with Crippen molar-refractivity contribution in [1.29, 1.82) is 0 Å². The first kappa shape index (κ1) is 23.7. The number of halogens is 1. The van der Waals surface area contributed by atoms with Gasteiger partial charge in [-0.3, -0.25) is 14.4 Å². The van der Waals surface area contributed by atoms with Gasteiger partial charge in [0.05, 0.1) is 12.1 Å². The maximum absolute atomic E-state index is 13.6. The van der Waals surface area contributed by atoms with Gasteiger partial charge in [-0.1, -0.05) is 73.5 Å². The monoisotopic (exact) mass is 474 g/mol. The quantitative estimate of drug-likeness (QED) is 0.427. The fourth-order valence-electron chi connectivity index (χ4n) is 4.22. The lowest BCUT2D eigenvalue weighted by atomic mass is 10.0. The highest BCUT2D eigenvalue weighted by atomic mass is 35.5. The van der Waals surface area contributed by atoms with E-state index in [0.717, 1.165) is 11.1 Å². The molecule has 0 radical (unpaired) electrons. The molecule has 174 valence electrons. The molecule has 0 aromatic heterocycles. The molecule has 0 N–H and O–H groups in total. The number of imide groups is 1. The first-order valence-electron chi connectivity index (χ1n) is 11.3. The lowest BCUT2D eigenvalue weighted by Gasteiger charge is -2.28. The van der Waals surface area contributed by atoms with Crippen molar-refractivity contribution < 1.29 is 14.4 Å². The van der Waals surface area contributed by atoms with E-state index in [1.807, 2.05) is 43.3 Å². The molecule has 5 nitrogen and oxygen atoms in total. The Labute approximate surface area is 204 Å². The van der Waals surface area contributed by atoms with Crippen LogP contribution in [0, 0.1) is 6.92 Å². The third kappa shape index (κ3) is 4.75. The summed E-state index contributed by atoms with van der Waals surface area (Å²) in [4.78, 5) is 42.8. The highest BCUT2D eigenvalue weighted by molar-refractivity contribution is 6.31. The van der Waals surface area contributed by atoms with Crippen molar-refractivity contribution in [2.75, 3.05) is 4.90 Å². The number of hydrogen-bond acceptors (Lipinski definition) is 3. The van der Waals surface area contributed by atoms with Gasteiger partial charge in [0.2, 0.25) is 5.91 Å². The summed E-state index contributed by atoms with van der Waals surface area (Å²) in [5.41, 5.74) is 3.75. The number of benzene rings is 3. The molecule has 0 aliphatic carbocycles. The van der Waals surface area contributed by atoms with Crippen molar-refractivity contribution in [2.45, 2.75) is 45.7 Å². The van der Waals surface area contributed by atoms with E-state index in [1.165, 1.54) is 9.80 Å². The third-order valence-corrected chi connectivity index (χ3v) is 6.51. The van der Waals surface area contributed by atoms with Gasteiger partial charge in [-0.05, 0) is 54.3 Å². The van der Waals surface area contributed by atoms with E-state index in [1.54, 1.807) is 36.4 Å². The predicted molar refractivity (Wildman–Crippen MR) is 134 cm³/mol. The van der Waals surface area contributed by atoms with Crippen LogP contribution >= 0.6 is 11.6 Å². The van der Waals surface area contributed by atoms with Crippen molar-refractivity contribution in [3.05, 3.63) is 100 Å². The first-order chi connectivity index (χ1) is 16.3. The van der Waals surface area contributed by atoms with Gasteiger partial charge in [0.15, 0.2) is 0 Å². The number of carbonyl (C=O) groups excluding carboxylic acids is 3. The van der Waals surface area contributed by atoms with Crippen LogP contribution in [0.5, 0.6) is 0 Å². The van der Waals surface area contributed by atoms with Crippen LogP contribution in [0.15, 0.2) is 72.8 Å². The average Bonchev–Trinajstić information content (AvgIpc) is 3.11. The van der Waals surface area contributed by atoms with Gasteiger partial charge >= 0.3 is 0 Å². The zero-order valence-corrected chi connectivity index (χ0v) is 20.3. The summed E-state index contributed by atoms with van der Waals surface area (Å²) < 4.78 is 0. The molecule has 0 spiro atoms. The maximum atomic E-state index is 13.6. The van der Waals surface area contributed by atoms with E-state index in [9.17, 15) is 14.4 Å². The Bertz CT molecular complexity index is 1240. The molecular weight excluding hydrogens is 448 g/mol. The van der Waals surface area contributed by atoms with Gasteiger partial charge in [-0.25, -0.2) is 4.90 Å². The van der Waals surface area contributed by atoms with Crippen LogP contribution in [-0.2, 0) is 16.1 Å². The van der Waals surface area contributed by atoms with Crippen molar-refractivity contribution in [3.8, 4) is 0 Å². The molecule has 3 amide bonds. The van der Waals surface area contributed by atoms with E-state index in [-0.39, 0.29) is 24.8 Å². The molecule has 3 aromatic carbocycles. The minimum atomic E-state index is -0.915. The second kappa shape index (κ2) is 9.82. The SMILES string of the molecule is Cc1cccc(C(=O)N(Cc2ccccc2Cl)C2CC(=O)N(c3ccc(C(C)C)cc3)C2=O)c1. The number of nitrogens with zero attached hydrogens (tertiary/aromatic N) is 2. The highest BCUT2D eigenvalue weighted by Crippen LogP contribution is 2.30. The summed E-state index contributed by atoms with van der Waals surface area (Å²) in [5.74, 6) is -0.708. The minimum Gasteiger partial charge on any atom is -0.322 e. The summed E-state index contributed by atoms with van der Waals surface area (Å²) in [5, 5.41) is 0.502. The number of hydrogen-bond donors (Lipinski definition) is 0. The Morgan fingerprint density at radius 2 is 1.74 bits per heavy atom. The van der Waals surface area contributed by atoms with Gasteiger partial charge in [0, 0.05) is 17.1 Å². The molecule has 0 bridgehead atoms. The second-order valence-electron chi connectivity index (χ2n) is 8.93. The van der Waals surface area contributed by atoms with Crippen molar-refractivity contribution in [3.63, 3.8) is 0 Å². The average molecular weight is 475 g/mol. The van der Waals surface area contributed by atoms with E-state index < -0.39 is 11.9 Å². The van der Waals surface area contributed by atoms with Crippen LogP contribution in [0.2, 0.25) is 5.02 Å². The first-order valence-corrected chi connectivity index (χ1v) is 11.7. The van der Waals surface area contributed by atoms with Crippen LogP contribution in [0.4, 0.5) is 5.69 Å². The molecule has 1 fully saturated rings. The normalized spacial score (nSPS) is 15.8. The zero-order valence-electron chi connectivity index (χ0n) is 19.5. The number of aryl methyl sites for hydroxylation is 1. The topological polar surface area (TPSA) is 57.7 Å². The third-order valence-electron chi connectivity index (χ3n) is 6.14. The lowest BCUT2D eigenvalue weighted by molar-refractivity contribution is -0.122. The van der Waals surface area contributed by atoms with Crippen LogP contribution in [0.3, 0.4) is 0 Å². The number of amides is 3. The predicted octanol–water partition coefficient (Wildman–Crippen LogP) is 5.75. The van der Waals surface area contributed by atoms with Crippen molar-refractivity contribution in [1.82, 2.24) is 4.90 Å². The zero-order chi connectivity index (χ0) is 24.4. The number of carbonyl (C=O) groups is 3. The summed E-state index contributed by atoms with van der Waals surface area (Å²) in [6, 6.07) is 20.9. The molecule has 1 unspecified atom stereocenters. The molecule has 0 saturated carbocycles. The van der Waals surface area contributed by atoms with Crippen LogP contribution in [0.1, 0.15) is 53.2 Å². The van der Waals surface area contributed by atoms with E-state index in [4.69, 9.17) is 11.6 Å². The molecule has 6 heteroatoms. The van der Waals surface area contributed by atoms with Gasteiger partial charge in [0.1, 0.15) is 6.04 Å². The van der Waals surface area contributed by atoms with Gasteiger partial charge in [-0.2, -0.15) is 0 Å². The number of anilines is 1. The fourth-order valence-corrected chi connectivity index (χ4v) is 4.41. The molecule has 1 saturated heterocycles. The molecule has 1 aliphatic rings. The molecule has 1 aliphatic heterocycles. The molecule has 4 rings (SSSR count). The Hall–Kier alpha value is -3.44. The Kier molecular flexibility index (Phi) is 6.85. The van der Waals surface area contributed by atoms with E-state index >= 15 is 0 Å². The highest BCUT2D eigenvalue weighted by Gasteiger charge is 2.44. The summed E-state index contributed by atoms with van der Waals surface area (Å²) >= 11 is 6.38. The second-order valence-corrected chi connectivity index (χ2v) is 9.33. The Balaban J connectivity index is 1.69. The molecular formula is C28H27ClN2O3. The van der Waals surface area contributed by atoms with Crippen LogP contribution < -0.4 is 4.90 Å². The Morgan fingerprint density at radius 3 is 2.38 bits per heavy atom. The van der Waals surface area contributed by atoms with Crippen molar-refractivity contribution >= 4 is 35.0 Å². The lowest BCUT2D eigenvalue weighted by Crippen LogP contribution is -2.45. The summed E-state index contributed by atoms with van der Waals surface area (Å²) in [6.45, 7) is 6.19. The van der Waals surface area contributed by atoms with Gasteiger partial charge < -0.3 is 4.90 Å². The van der Waals surface area contributed by atoms with Crippen molar-refractivity contribution in [2.24, 2.45) is 0 Å². The van der Waals surface area contributed by atoms with E-state index in [2.05, 4.69) is 13.8 Å². The smallest absolute Gasteiger partial charge is 0.257 e. The Morgan fingerprint density at radius 1 is 1.03 bits per heavy atom. The maximum Gasteiger partial charge on any atom is 0.257 e. The summed E-state index contributed by atoms with van der Waals surface area (Å²) in [6.07, 6.45) is -0.0766. The minimum absolute atomic E-state index is 0.0766. The van der Waals surface area contributed by atoms with Crippen LogP contribution in [0.25, 0.3) is 0 Å². The van der Waals surface area contributed by atoms with Crippen LogP contribution in [-0.4, -0.2) is 28.7 Å². The number of rotatable bonds is 6. The molecule has 1 heterocycles. The fraction of sp³-hybridized carbons (Fsp3) is 0.250. The van der Waals surface area contributed by atoms with E-state index in [0.29, 0.717) is 27.8 Å². The van der Waals surface area contributed by atoms with Gasteiger partial charge in [-0.15, -0.1) is 0 Å². The molecule has 34 heavy (non-hydrogen) atoms. The standard InChI is InChI=1S/C28H27ClN2O3/c1-18(2)20-11-13-23(14-12-20)31-26(32)16-25(28(31)34)30(17-22-8-4-5-10-24(22)29)27(33)21-9-6-7-19(3)15-21/h4-15,18,25H,16-17H2,1-3H3. The summed E-state index contributed by atoms with van der Waals surface area (Å²) in [7, 11) is 0. The van der Waals surface area contributed by atoms with Gasteiger partial charge in [0.25, 0.3) is 11.8 Å².